The zero-order valence-electron chi connectivity index (χ0n) is 15.6. The molecule has 0 spiro atoms. The Balaban J connectivity index is 2.05. The van der Waals surface area contributed by atoms with Gasteiger partial charge in [0.15, 0.2) is 5.82 Å². The van der Waals surface area contributed by atoms with E-state index < -0.39 is 27.2 Å². The van der Waals surface area contributed by atoms with Crippen molar-refractivity contribution in [1.82, 2.24) is 14.5 Å². The monoisotopic (exact) mass is 427 g/mol. The first-order valence-electron chi connectivity index (χ1n) is 8.83. The van der Waals surface area contributed by atoms with Crippen molar-refractivity contribution in [3.05, 3.63) is 88.7 Å². The van der Waals surface area contributed by atoms with E-state index in [1.54, 1.807) is 36.4 Å². The molecular formula is C21H15F2N3O3S. The molecule has 4 rings (SSSR count). The molecule has 30 heavy (non-hydrogen) atoms. The third-order valence-electron chi connectivity index (χ3n) is 4.63. The molecule has 0 atom stereocenters. The average Bonchev–Trinajstić information content (AvgIpc) is 2.75. The molecule has 0 bridgehead atoms. The van der Waals surface area contributed by atoms with E-state index in [0.717, 1.165) is 16.8 Å². The first-order chi connectivity index (χ1) is 14.3. The smallest absolute Gasteiger partial charge is 0.267 e. The molecule has 0 aliphatic carbocycles. The van der Waals surface area contributed by atoms with Gasteiger partial charge in [0.05, 0.1) is 16.0 Å². The lowest BCUT2D eigenvalue weighted by Gasteiger charge is -2.13. The fourth-order valence-electron chi connectivity index (χ4n) is 3.15. The minimum absolute atomic E-state index is 0.0130. The third-order valence-corrected chi connectivity index (χ3v) is 6.04. The Morgan fingerprint density at radius 2 is 1.67 bits per heavy atom. The maximum Gasteiger partial charge on any atom is 0.279 e. The minimum Gasteiger partial charge on any atom is -0.267 e. The molecule has 6 nitrogen and oxygen atoms in total. The number of rotatable bonds is 4. The van der Waals surface area contributed by atoms with Crippen LogP contribution in [0.1, 0.15) is 0 Å². The van der Waals surface area contributed by atoms with E-state index in [9.17, 15) is 22.0 Å². The Kier molecular flexibility index (Phi) is 4.92. The van der Waals surface area contributed by atoms with Crippen molar-refractivity contribution >= 4 is 20.8 Å². The zero-order chi connectivity index (χ0) is 21.5. The van der Waals surface area contributed by atoms with Crippen LogP contribution in [0.2, 0.25) is 0 Å². The fraction of sp³-hybridized carbons (Fsp3) is 0.0476. The van der Waals surface area contributed by atoms with Gasteiger partial charge in [-0.05, 0) is 37.4 Å². The standard InChI is InChI=1S/C21H15F2N3O3S/c1-24-30(28,29)15-6-4-5-13(11-15)20-16-7-2-3-8-17(16)21(27)26(25-20)19-10-9-14(22)12-18(19)23/h2-12,24H,1H3. The van der Waals surface area contributed by atoms with Crippen molar-refractivity contribution in [2.45, 2.75) is 4.90 Å². The van der Waals surface area contributed by atoms with Crippen LogP contribution in [-0.4, -0.2) is 25.2 Å². The molecule has 0 unspecified atom stereocenters. The van der Waals surface area contributed by atoms with Crippen molar-refractivity contribution in [2.75, 3.05) is 7.05 Å². The highest BCUT2D eigenvalue weighted by Gasteiger charge is 2.18. The van der Waals surface area contributed by atoms with Gasteiger partial charge in [-0.2, -0.15) is 9.78 Å². The van der Waals surface area contributed by atoms with Crippen molar-refractivity contribution in [3.63, 3.8) is 0 Å². The van der Waals surface area contributed by atoms with Crippen LogP contribution in [0.15, 0.2) is 76.4 Å². The van der Waals surface area contributed by atoms with E-state index >= 15 is 0 Å². The molecule has 0 saturated heterocycles. The highest BCUT2D eigenvalue weighted by atomic mass is 32.2. The summed E-state index contributed by atoms with van der Waals surface area (Å²) in [7, 11) is -2.41. The van der Waals surface area contributed by atoms with Gasteiger partial charge in [-0.25, -0.2) is 21.9 Å². The molecule has 1 N–H and O–H groups in total. The number of hydrogen-bond acceptors (Lipinski definition) is 4. The van der Waals surface area contributed by atoms with E-state index in [1.165, 1.54) is 19.2 Å². The van der Waals surface area contributed by atoms with Gasteiger partial charge in [0.2, 0.25) is 10.0 Å². The van der Waals surface area contributed by atoms with Gasteiger partial charge in [-0.3, -0.25) is 4.79 Å². The lowest BCUT2D eigenvalue weighted by molar-refractivity contribution is 0.571. The molecule has 0 aliphatic rings. The number of halogens is 2. The molecule has 1 aromatic heterocycles. The second-order valence-electron chi connectivity index (χ2n) is 6.44. The van der Waals surface area contributed by atoms with Crippen molar-refractivity contribution < 1.29 is 17.2 Å². The summed E-state index contributed by atoms with van der Waals surface area (Å²) in [6.07, 6.45) is 0. The van der Waals surface area contributed by atoms with Crippen LogP contribution >= 0.6 is 0 Å². The molecule has 0 fully saturated rings. The predicted octanol–water partition coefficient (Wildman–Crippen LogP) is 3.24. The zero-order valence-corrected chi connectivity index (χ0v) is 16.5. The number of nitrogens with zero attached hydrogens (tertiary/aromatic N) is 2. The predicted molar refractivity (Wildman–Crippen MR) is 109 cm³/mol. The van der Waals surface area contributed by atoms with Crippen molar-refractivity contribution in [3.8, 4) is 16.9 Å². The number of nitrogens with one attached hydrogen (secondary N) is 1. The van der Waals surface area contributed by atoms with Gasteiger partial charge in [0, 0.05) is 17.0 Å². The lowest BCUT2D eigenvalue weighted by Crippen LogP contribution is -2.23. The average molecular weight is 427 g/mol. The maximum absolute atomic E-state index is 14.4. The molecule has 0 amide bonds. The van der Waals surface area contributed by atoms with Crippen LogP contribution in [0.4, 0.5) is 8.78 Å². The van der Waals surface area contributed by atoms with Crippen LogP contribution in [-0.2, 0) is 10.0 Å². The first kappa shape index (κ1) is 19.9. The quantitative estimate of drug-likeness (QED) is 0.542. The van der Waals surface area contributed by atoms with E-state index in [2.05, 4.69) is 9.82 Å². The summed E-state index contributed by atoms with van der Waals surface area (Å²) in [6, 6.07) is 15.4. The summed E-state index contributed by atoms with van der Waals surface area (Å²) in [4.78, 5) is 13.0. The van der Waals surface area contributed by atoms with Crippen LogP contribution in [0.25, 0.3) is 27.7 Å². The normalized spacial score (nSPS) is 11.7. The van der Waals surface area contributed by atoms with E-state index in [0.29, 0.717) is 17.0 Å². The van der Waals surface area contributed by atoms with E-state index in [1.807, 2.05) is 0 Å². The summed E-state index contributed by atoms with van der Waals surface area (Å²) in [5.41, 5.74) is -0.105. The molecule has 0 radical (unpaired) electrons. The number of sulfonamides is 1. The fourth-order valence-corrected chi connectivity index (χ4v) is 3.92. The summed E-state index contributed by atoms with van der Waals surface area (Å²) in [5.74, 6) is -1.73. The van der Waals surface area contributed by atoms with Gasteiger partial charge in [0.25, 0.3) is 5.56 Å². The van der Waals surface area contributed by atoms with E-state index in [-0.39, 0.29) is 21.7 Å². The Morgan fingerprint density at radius 1 is 0.933 bits per heavy atom. The molecular weight excluding hydrogens is 412 g/mol. The Morgan fingerprint density at radius 3 is 2.37 bits per heavy atom. The number of benzene rings is 3. The Hall–Kier alpha value is -3.43. The highest BCUT2D eigenvalue weighted by molar-refractivity contribution is 7.89. The molecule has 0 saturated carbocycles. The molecule has 152 valence electrons. The van der Waals surface area contributed by atoms with Crippen LogP contribution in [0, 0.1) is 11.6 Å². The maximum atomic E-state index is 14.4. The number of hydrogen-bond donors (Lipinski definition) is 1. The Labute approximate surface area is 170 Å². The second-order valence-corrected chi connectivity index (χ2v) is 8.33. The van der Waals surface area contributed by atoms with Crippen LogP contribution in [0.5, 0.6) is 0 Å². The third kappa shape index (κ3) is 3.38. The van der Waals surface area contributed by atoms with Gasteiger partial charge >= 0.3 is 0 Å². The number of fused-ring (bicyclic) bond motifs is 1. The van der Waals surface area contributed by atoms with Crippen LogP contribution in [0.3, 0.4) is 0 Å². The van der Waals surface area contributed by atoms with Gasteiger partial charge in [-0.15, -0.1) is 0 Å². The summed E-state index contributed by atoms with van der Waals surface area (Å²) >= 11 is 0. The summed E-state index contributed by atoms with van der Waals surface area (Å²) < 4.78 is 55.2. The molecule has 0 aliphatic heterocycles. The molecule has 1 heterocycles. The summed E-state index contributed by atoms with van der Waals surface area (Å²) in [5, 5.41) is 5.04. The topological polar surface area (TPSA) is 81.1 Å². The van der Waals surface area contributed by atoms with E-state index in [4.69, 9.17) is 0 Å². The number of aromatic nitrogens is 2. The lowest BCUT2D eigenvalue weighted by atomic mass is 10.1. The molecule has 9 heteroatoms. The SMILES string of the molecule is CNS(=O)(=O)c1cccc(-c2nn(-c3ccc(F)cc3F)c(=O)c3ccccc23)c1. The van der Waals surface area contributed by atoms with Crippen LogP contribution < -0.4 is 10.3 Å². The largest absolute Gasteiger partial charge is 0.279 e. The van der Waals surface area contributed by atoms with Gasteiger partial charge < -0.3 is 0 Å². The Bertz CT molecular complexity index is 1450. The van der Waals surface area contributed by atoms with Gasteiger partial charge in [0.1, 0.15) is 11.5 Å². The summed E-state index contributed by atoms with van der Waals surface area (Å²) in [6.45, 7) is 0. The highest BCUT2D eigenvalue weighted by Crippen LogP contribution is 2.27. The van der Waals surface area contributed by atoms with Crippen molar-refractivity contribution in [2.24, 2.45) is 0 Å². The molecule has 4 aromatic rings. The van der Waals surface area contributed by atoms with Crippen molar-refractivity contribution in [1.29, 1.82) is 0 Å². The first-order valence-corrected chi connectivity index (χ1v) is 10.3. The molecule has 3 aromatic carbocycles. The second kappa shape index (κ2) is 7.43. The van der Waals surface area contributed by atoms with Gasteiger partial charge in [-0.1, -0.05) is 30.3 Å². The minimum atomic E-state index is -3.71.